The molecule has 0 fully saturated rings. The molecule has 0 amide bonds. The Morgan fingerprint density at radius 2 is 1.40 bits per heavy atom. The molecule has 0 heterocycles. The number of hydrogen-bond acceptors (Lipinski definition) is 5. The fourth-order valence-electron chi connectivity index (χ4n) is 2.86. The summed E-state index contributed by atoms with van der Waals surface area (Å²) in [5, 5.41) is 0. The fraction of sp³-hybridized carbons (Fsp3) is 0.667. The van der Waals surface area contributed by atoms with Crippen LogP contribution in [-0.2, 0) is 25.3 Å². The zero-order valence-electron chi connectivity index (χ0n) is 19.4. The van der Waals surface area contributed by atoms with Gasteiger partial charge in [0.25, 0.3) is 0 Å². The van der Waals surface area contributed by atoms with Crippen LogP contribution in [0.15, 0.2) is 43.0 Å². The fourth-order valence-corrected chi connectivity index (χ4v) is 3.52. The summed E-state index contributed by atoms with van der Waals surface area (Å²) in [5.41, 5.74) is 1.37. The minimum Gasteiger partial charge on any atom is -0.305 e. The van der Waals surface area contributed by atoms with Gasteiger partial charge >= 0.3 is 10.4 Å². The zero-order valence-corrected chi connectivity index (χ0v) is 20.2. The minimum atomic E-state index is -3.83. The molecule has 0 atom stereocenters. The lowest BCUT2D eigenvalue weighted by atomic mass is 10.1. The van der Waals surface area contributed by atoms with E-state index in [4.69, 9.17) is 4.18 Å². The lowest BCUT2D eigenvalue weighted by Crippen LogP contribution is -2.11. The Morgan fingerprint density at radius 1 is 0.867 bits per heavy atom. The van der Waals surface area contributed by atoms with Crippen LogP contribution in [0, 0.1) is 0 Å². The number of hydrogen-bond donors (Lipinski definition) is 0. The molecule has 0 saturated carbocycles. The van der Waals surface area contributed by atoms with Crippen molar-refractivity contribution in [2.45, 2.75) is 77.7 Å². The molecule has 0 spiro atoms. The molecule has 0 aliphatic heterocycles. The predicted molar refractivity (Wildman–Crippen MR) is 127 cm³/mol. The van der Waals surface area contributed by atoms with E-state index in [9.17, 15) is 8.42 Å². The summed E-state index contributed by atoms with van der Waals surface area (Å²) in [6.07, 6.45) is 13.4. The smallest absolute Gasteiger partial charge is 0.305 e. The summed E-state index contributed by atoms with van der Waals surface area (Å²) in [7, 11) is 0.328. The van der Waals surface area contributed by atoms with Crippen molar-refractivity contribution in [3.63, 3.8) is 0 Å². The van der Waals surface area contributed by atoms with Gasteiger partial charge in [-0.25, -0.2) is 8.37 Å². The summed E-state index contributed by atoms with van der Waals surface area (Å²) in [4.78, 5) is 2.16. The molecule has 0 saturated heterocycles. The first-order valence-corrected chi connectivity index (χ1v) is 12.6. The first kappa shape index (κ1) is 28.8. The molecule has 0 aliphatic rings. The largest absolute Gasteiger partial charge is 0.400 e. The minimum absolute atomic E-state index is 0.0413. The second-order valence-electron chi connectivity index (χ2n) is 7.71. The Bertz CT molecular complexity index is 603. The van der Waals surface area contributed by atoms with Crippen LogP contribution in [0.3, 0.4) is 0 Å². The van der Waals surface area contributed by atoms with Crippen LogP contribution in [0.1, 0.15) is 76.7 Å². The monoisotopic (exact) mass is 441 g/mol. The Balaban J connectivity index is 0.000000696. The molecule has 1 aromatic carbocycles. The van der Waals surface area contributed by atoms with Gasteiger partial charge in [0.2, 0.25) is 0 Å². The van der Waals surface area contributed by atoms with Crippen molar-refractivity contribution in [2.24, 2.45) is 0 Å². The van der Waals surface area contributed by atoms with E-state index in [-0.39, 0.29) is 13.2 Å². The molecule has 0 radical (unpaired) electrons. The van der Waals surface area contributed by atoms with Gasteiger partial charge < -0.3 is 4.90 Å². The van der Waals surface area contributed by atoms with Crippen molar-refractivity contribution in [1.29, 1.82) is 0 Å². The van der Waals surface area contributed by atoms with E-state index in [2.05, 4.69) is 60.9 Å². The maximum absolute atomic E-state index is 11.2. The second kappa shape index (κ2) is 19.7. The Kier molecular flexibility index (Phi) is 18.9. The standard InChI is InChI=1S/C15H30O4S.C9H13N/c1-3-5-6-7-8-9-10-11-12-13-15-19-20(16,17)18-14-4-2;1-10(2)8-9-6-4-3-5-7-9/h4H,2-3,5-15H2,1H3;3-7H,8H2,1-2H3. The van der Waals surface area contributed by atoms with E-state index < -0.39 is 10.4 Å². The van der Waals surface area contributed by atoms with E-state index in [0.717, 1.165) is 25.8 Å². The molecule has 1 rings (SSSR count). The number of unbranched alkanes of at least 4 members (excludes halogenated alkanes) is 9. The molecule has 0 unspecified atom stereocenters. The van der Waals surface area contributed by atoms with Gasteiger partial charge in [0, 0.05) is 6.54 Å². The van der Waals surface area contributed by atoms with Crippen molar-refractivity contribution in [3.05, 3.63) is 48.6 Å². The van der Waals surface area contributed by atoms with Crippen molar-refractivity contribution < 1.29 is 16.8 Å². The number of nitrogens with zero attached hydrogens (tertiary/aromatic N) is 1. The molecule has 5 nitrogen and oxygen atoms in total. The average Bonchev–Trinajstić information content (AvgIpc) is 2.71. The zero-order chi connectivity index (χ0) is 22.5. The molecule has 0 aliphatic carbocycles. The van der Waals surface area contributed by atoms with Crippen LogP contribution in [0.25, 0.3) is 0 Å². The van der Waals surface area contributed by atoms with Crippen LogP contribution in [0.5, 0.6) is 0 Å². The van der Waals surface area contributed by atoms with Crippen molar-refractivity contribution in [2.75, 3.05) is 27.3 Å². The molecule has 0 N–H and O–H groups in total. The van der Waals surface area contributed by atoms with E-state index >= 15 is 0 Å². The normalized spacial score (nSPS) is 11.2. The van der Waals surface area contributed by atoms with E-state index in [0.29, 0.717) is 0 Å². The number of benzene rings is 1. The van der Waals surface area contributed by atoms with Crippen LogP contribution < -0.4 is 0 Å². The molecule has 30 heavy (non-hydrogen) atoms. The summed E-state index contributed by atoms with van der Waals surface area (Å²) >= 11 is 0. The molecule has 0 aromatic heterocycles. The first-order chi connectivity index (χ1) is 14.4. The van der Waals surface area contributed by atoms with E-state index in [1.54, 1.807) is 0 Å². The lowest BCUT2D eigenvalue weighted by Gasteiger charge is -2.08. The third kappa shape index (κ3) is 20.1. The molecule has 0 bridgehead atoms. The Morgan fingerprint density at radius 3 is 1.90 bits per heavy atom. The Hall–Kier alpha value is -1.21. The van der Waals surface area contributed by atoms with Gasteiger partial charge in [-0.2, -0.15) is 8.42 Å². The SMILES string of the molecule is C=CCOS(=O)(=O)OCCCCCCCCCCCC.CN(C)Cc1ccccc1. The van der Waals surface area contributed by atoms with Gasteiger partial charge in [0.1, 0.15) is 0 Å². The lowest BCUT2D eigenvalue weighted by molar-refractivity contribution is 0.225. The van der Waals surface area contributed by atoms with Gasteiger partial charge in [-0.05, 0) is 26.1 Å². The maximum atomic E-state index is 11.2. The van der Waals surface area contributed by atoms with Crippen LogP contribution >= 0.6 is 0 Å². The van der Waals surface area contributed by atoms with Crippen molar-refractivity contribution >= 4 is 10.4 Å². The summed E-state index contributed by atoms with van der Waals surface area (Å²) in [6, 6.07) is 10.5. The summed E-state index contributed by atoms with van der Waals surface area (Å²) in [6.45, 7) is 6.80. The highest BCUT2D eigenvalue weighted by Gasteiger charge is 2.09. The highest BCUT2D eigenvalue weighted by molar-refractivity contribution is 7.81. The highest BCUT2D eigenvalue weighted by atomic mass is 32.3. The van der Waals surface area contributed by atoms with Gasteiger partial charge in [-0.3, -0.25) is 0 Å². The molecule has 174 valence electrons. The molecule has 6 heteroatoms. The van der Waals surface area contributed by atoms with Crippen molar-refractivity contribution in [1.82, 2.24) is 4.90 Å². The molecule has 1 aromatic rings. The maximum Gasteiger partial charge on any atom is 0.400 e. The quantitative estimate of drug-likeness (QED) is 0.215. The number of rotatable bonds is 17. The van der Waals surface area contributed by atoms with Crippen LogP contribution in [0.4, 0.5) is 0 Å². The van der Waals surface area contributed by atoms with Crippen LogP contribution in [0.2, 0.25) is 0 Å². The van der Waals surface area contributed by atoms with E-state index in [1.807, 2.05) is 6.07 Å². The van der Waals surface area contributed by atoms with Crippen molar-refractivity contribution in [3.8, 4) is 0 Å². The van der Waals surface area contributed by atoms with Gasteiger partial charge in [-0.15, -0.1) is 6.58 Å². The second-order valence-corrected chi connectivity index (χ2v) is 9.00. The van der Waals surface area contributed by atoms with Gasteiger partial charge in [-0.1, -0.05) is 101 Å². The van der Waals surface area contributed by atoms with Crippen LogP contribution in [-0.4, -0.2) is 40.6 Å². The highest BCUT2D eigenvalue weighted by Crippen LogP contribution is 2.11. The van der Waals surface area contributed by atoms with Gasteiger partial charge in [0.15, 0.2) is 0 Å². The molecular weight excluding hydrogens is 398 g/mol. The van der Waals surface area contributed by atoms with E-state index in [1.165, 1.54) is 56.6 Å². The topological polar surface area (TPSA) is 55.8 Å². The summed E-state index contributed by atoms with van der Waals surface area (Å²) < 4.78 is 31.5. The summed E-state index contributed by atoms with van der Waals surface area (Å²) in [5.74, 6) is 0. The third-order valence-corrected chi connectivity index (χ3v) is 5.28. The third-order valence-electron chi connectivity index (χ3n) is 4.40. The predicted octanol–water partition coefficient (Wildman–Crippen LogP) is 6.12. The van der Waals surface area contributed by atoms with Gasteiger partial charge in [0.05, 0.1) is 13.2 Å². The Labute approximate surface area is 185 Å². The first-order valence-electron chi connectivity index (χ1n) is 11.2. The average molecular weight is 442 g/mol. The molecular formula is C24H43NO4S.